The van der Waals surface area contributed by atoms with Crippen LogP contribution in [0.3, 0.4) is 0 Å². The molecular formula is C12H17F2NO3. The molecule has 0 aliphatic rings. The zero-order chi connectivity index (χ0) is 13.8. The van der Waals surface area contributed by atoms with Gasteiger partial charge in [-0.2, -0.15) is 8.78 Å². The summed E-state index contributed by atoms with van der Waals surface area (Å²) in [5.41, 5.74) is -0.189. The summed E-state index contributed by atoms with van der Waals surface area (Å²) in [6, 6.07) is 2.50. The van der Waals surface area contributed by atoms with E-state index in [-0.39, 0.29) is 17.1 Å². The van der Waals surface area contributed by atoms with E-state index < -0.39 is 12.5 Å². The second-order valence-electron chi connectivity index (χ2n) is 3.65. The molecule has 1 aromatic carbocycles. The maximum atomic E-state index is 13.8. The predicted molar refractivity (Wildman–Crippen MR) is 63.9 cm³/mol. The number of likely N-dealkylation sites (N-methyl/N-ethyl adjacent to an activating group) is 1. The second-order valence-corrected chi connectivity index (χ2v) is 3.65. The van der Waals surface area contributed by atoms with Crippen molar-refractivity contribution >= 4 is 0 Å². The van der Waals surface area contributed by atoms with E-state index in [2.05, 4.69) is 5.32 Å². The van der Waals surface area contributed by atoms with Crippen LogP contribution < -0.4 is 19.5 Å². The molecular weight excluding hydrogens is 244 g/mol. The van der Waals surface area contributed by atoms with Gasteiger partial charge < -0.3 is 19.5 Å². The van der Waals surface area contributed by atoms with Crippen LogP contribution in [0.5, 0.6) is 17.2 Å². The SMILES string of the molecule is CNCC(F)(F)c1cc(OC)c(OC)c(OC)c1. The first-order valence-corrected chi connectivity index (χ1v) is 5.33. The monoisotopic (exact) mass is 261 g/mol. The molecule has 0 saturated heterocycles. The van der Waals surface area contributed by atoms with Crippen molar-refractivity contribution in [3.63, 3.8) is 0 Å². The van der Waals surface area contributed by atoms with E-state index in [1.807, 2.05) is 0 Å². The molecule has 0 aromatic heterocycles. The van der Waals surface area contributed by atoms with Gasteiger partial charge in [-0.05, 0) is 19.2 Å². The molecule has 0 heterocycles. The molecule has 0 spiro atoms. The van der Waals surface area contributed by atoms with Gasteiger partial charge in [0.2, 0.25) is 5.75 Å². The number of nitrogens with one attached hydrogen (secondary N) is 1. The molecule has 0 aliphatic heterocycles. The van der Waals surface area contributed by atoms with Crippen molar-refractivity contribution in [2.75, 3.05) is 34.9 Å². The molecule has 1 rings (SSSR count). The molecule has 0 atom stereocenters. The summed E-state index contributed by atoms with van der Waals surface area (Å²) < 4.78 is 42.8. The van der Waals surface area contributed by atoms with Crippen molar-refractivity contribution < 1.29 is 23.0 Å². The number of ether oxygens (including phenoxy) is 3. The predicted octanol–water partition coefficient (Wildman–Crippen LogP) is 2.02. The van der Waals surface area contributed by atoms with E-state index in [1.165, 1.54) is 40.5 Å². The quantitative estimate of drug-likeness (QED) is 0.850. The zero-order valence-electron chi connectivity index (χ0n) is 10.8. The lowest BCUT2D eigenvalue weighted by Crippen LogP contribution is -2.28. The fourth-order valence-electron chi connectivity index (χ4n) is 1.62. The van der Waals surface area contributed by atoms with Gasteiger partial charge in [-0.3, -0.25) is 0 Å². The Balaban J connectivity index is 3.31. The van der Waals surface area contributed by atoms with Gasteiger partial charge in [0.25, 0.3) is 5.92 Å². The smallest absolute Gasteiger partial charge is 0.285 e. The lowest BCUT2D eigenvalue weighted by Gasteiger charge is -2.20. The molecule has 0 saturated carbocycles. The van der Waals surface area contributed by atoms with Crippen LogP contribution in [0, 0.1) is 0 Å². The van der Waals surface area contributed by atoms with Gasteiger partial charge in [0.05, 0.1) is 27.9 Å². The van der Waals surface area contributed by atoms with E-state index in [9.17, 15) is 8.78 Å². The fourth-order valence-corrected chi connectivity index (χ4v) is 1.62. The third kappa shape index (κ3) is 2.81. The average molecular weight is 261 g/mol. The summed E-state index contributed by atoms with van der Waals surface area (Å²) >= 11 is 0. The average Bonchev–Trinajstić information content (AvgIpc) is 2.36. The van der Waals surface area contributed by atoms with Crippen molar-refractivity contribution in [1.82, 2.24) is 5.32 Å². The standard InChI is InChI=1S/C12H17F2NO3/c1-15-7-12(13,14)8-5-9(16-2)11(18-4)10(6-8)17-3/h5-6,15H,7H2,1-4H3. The number of benzene rings is 1. The zero-order valence-corrected chi connectivity index (χ0v) is 10.8. The molecule has 4 nitrogen and oxygen atoms in total. The Hall–Kier alpha value is -1.56. The molecule has 0 unspecified atom stereocenters. The van der Waals surface area contributed by atoms with Gasteiger partial charge in [-0.25, -0.2) is 0 Å². The number of methoxy groups -OCH3 is 3. The number of halogens is 2. The number of hydrogen-bond acceptors (Lipinski definition) is 4. The highest BCUT2D eigenvalue weighted by atomic mass is 19.3. The molecule has 18 heavy (non-hydrogen) atoms. The lowest BCUT2D eigenvalue weighted by atomic mass is 10.1. The number of rotatable bonds is 6. The van der Waals surface area contributed by atoms with E-state index in [4.69, 9.17) is 14.2 Å². The largest absolute Gasteiger partial charge is 0.493 e. The van der Waals surface area contributed by atoms with Crippen LogP contribution in [0.15, 0.2) is 12.1 Å². The second kappa shape index (κ2) is 5.86. The molecule has 6 heteroatoms. The van der Waals surface area contributed by atoms with Gasteiger partial charge in [0.15, 0.2) is 11.5 Å². The Morgan fingerprint density at radius 3 is 1.89 bits per heavy atom. The number of alkyl halides is 2. The molecule has 1 N–H and O–H groups in total. The van der Waals surface area contributed by atoms with Crippen molar-refractivity contribution in [2.24, 2.45) is 0 Å². The van der Waals surface area contributed by atoms with Crippen molar-refractivity contribution in [1.29, 1.82) is 0 Å². The Bertz CT molecular complexity index is 385. The Morgan fingerprint density at radius 2 is 1.56 bits per heavy atom. The molecule has 0 amide bonds. The summed E-state index contributed by atoms with van der Waals surface area (Å²) in [5, 5.41) is 2.45. The van der Waals surface area contributed by atoms with E-state index in [1.54, 1.807) is 0 Å². The van der Waals surface area contributed by atoms with Crippen LogP contribution in [0.4, 0.5) is 8.78 Å². The Morgan fingerprint density at radius 1 is 1.06 bits per heavy atom. The minimum atomic E-state index is -3.01. The maximum Gasteiger partial charge on any atom is 0.285 e. The third-order valence-electron chi connectivity index (χ3n) is 2.49. The first kappa shape index (κ1) is 14.5. The highest BCUT2D eigenvalue weighted by Gasteiger charge is 2.33. The minimum Gasteiger partial charge on any atom is -0.493 e. The van der Waals surface area contributed by atoms with Crippen molar-refractivity contribution in [3.05, 3.63) is 17.7 Å². The van der Waals surface area contributed by atoms with Crippen LogP contribution >= 0.6 is 0 Å². The van der Waals surface area contributed by atoms with Crippen LogP contribution in [0.25, 0.3) is 0 Å². The minimum absolute atomic E-state index is 0.189. The summed E-state index contributed by atoms with van der Waals surface area (Å²) in [4.78, 5) is 0. The lowest BCUT2D eigenvalue weighted by molar-refractivity contribution is -0.00170. The number of hydrogen-bond donors (Lipinski definition) is 1. The Labute approximate surface area is 105 Å². The highest BCUT2D eigenvalue weighted by Crippen LogP contribution is 2.42. The molecule has 0 radical (unpaired) electrons. The molecule has 0 aliphatic carbocycles. The maximum absolute atomic E-state index is 13.8. The Kier molecular flexibility index (Phi) is 4.72. The topological polar surface area (TPSA) is 39.7 Å². The molecule has 0 fully saturated rings. The first-order valence-electron chi connectivity index (χ1n) is 5.33. The molecule has 102 valence electrons. The fraction of sp³-hybridized carbons (Fsp3) is 0.500. The summed E-state index contributed by atoms with van der Waals surface area (Å²) in [5.74, 6) is -2.30. The van der Waals surface area contributed by atoms with Crippen LogP contribution in [0.1, 0.15) is 5.56 Å². The highest BCUT2D eigenvalue weighted by molar-refractivity contribution is 5.54. The van der Waals surface area contributed by atoms with Crippen LogP contribution in [-0.2, 0) is 5.92 Å². The van der Waals surface area contributed by atoms with Crippen LogP contribution in [-0.4, -0.2) is 34.9 Å². The normalized spacial score (nSPS) is 11.2. The summed E-state index contributed by atoms with van der Waals surface area (Å²) in [6.07, 6.45) is 0. The molecule has 1 aromatic rings. The van der Waals surface area contributed by atoms with Crippen molar-refractivity contribution in [3.8, 4) is 17.2 Å². The molecule has 0 bridgehead atoms. The van der Waals surface area contributed by atoms with E-state index in [0.717, 1.165) is 0 Å². The van der Waals surface area contributed by atoms with Gasteiger partial charge >= 0.3 is 0 Å². The van der Waals surface area contributed by atoms with Crippen molar-refractivity contribution in [2.45, 2.75) is 5.92 Å². The van der Waals surface area contributed by atoms with Gasteiger partial charge in [0.1, 0.15) is 0 Å². The van der Waals surface area contributed by atoms with Gasteiger partial charge in [-0.15, -0.1) is 0 Å². The third-order valence-corrected chi connectivity index (χ3v) is 2.49. The van der Waals surface area contributed by atoms with Gasteiger partial charge in [0, 0.05) is 5.56 Å². The summed E-state index contributed by atoms with van der Waals surface area (Å²) in [6.45, 7) is -0.467. The van der Waals surface area contributed by atoms with E-state index in [0.29, 0.717) is 5.75 Å². The van der Waals surface area contributed by atoms with Gasteiger partial charge in [-0.1, -0.05) is 0 Å². The van der Waals surface area contributed by atoms with Crippen LogP contribution in [0.2, 0.25) is 0 Å². The summed E-state index contributed by atoms with van der Waals surface area (Å²) in [7, 11) is 5.66. The van der Waals surface area contributed by atoms with E-state index >= 15 is 0 Å². The first-order chi connectivity index (χ1) is 8.50.